The minimum atomic E-state index is 0.711. The number of hydrogen-bond acceptors (Lipinski definition) is 1. The first-order chi connectivity index (χ1) is 8.06. The molecule has 0 aliphatic heterocycles. The Labute approximate surface area is 103 Å². The molecule has 17 heavy (non-hydrogen) atoms. The van der Waals surface area contributed by atoms with Crippen molar-refractivity contribution in [2.45, 2.75) is 20.8 Å². The zero-order chi connectivity index (χ0) is 12.8. The van der Waals surface area contributed by atoms with Gasteiger partial charge in [-0.1, -0.05) is 42.5 Å². The van der Waals surface area contributed by atoms with Crippen molar-refractivity contribution in [1.82, 2.24) is 0 Å². The summed E-state index contributed by atoms with van der Waals surface area (Å²) in [7, 11) is 0. The molecule has 0 amide bonds. The maximum atomic E-state index is 9.03. The molecular formula is C16H17N. The molecule has 0 N–H and O–H groups in total. The van der Waals surface area contributed by atoms with Crippen LogP contribution in [0, 0.1) is 11.3 Å². The van der Waals surface area contributed by atoms with E-state index in [4.69, 9.17) is 5.26 Å². The normalized spacial score (nSPS) is 12.1. The van der Waals surface area contributed by atoms with Gasteiger partial charge in [0.25, 0.3) is 0 Å². The summed E-state index contributed by atoms with van der Waals surface area (Å²) in [5, 5.41) is 9.03. The Bertz CT molecular complexity index is 525. The highest BCUT2D eigenvalue weighted by atomic mass is 14.2. The number of nitriles is 1. The molecule has 0 spiro atoms. The molecule has 1 aromatic rings. The Hall–Kier alpha value is -2.07. The molecule has 1 heteroatoms. The SMILES string of the molecule is C=C(C)/C(C)=C\C=C(/C)c1ccccc1C#N. The number of nitrogens with zero attached hydrogens (tertiary/aromatic N) is 1. The van der Waals surface area contributed by atoms with Crippen molar-refractivity contribution < 1.29 is 0 Å². The second kappa shape index (κ2) is 5.86. The summed E-state index contributed by atoms with van der Waals surface area (Å²) in [4.78, 5) is 0. The lowest BCUT2D eigenvalue weighted by Gasteiger charge is -2.03. The van der Waals surface area contributed by atoms with Crippen molar-refractivity contribution in [3.05, 3.63) is 65.3 Å². The van der Waals surface area contributed by atoms with Gasteiger partial charge < -0.3 is 0 Å². The molecule has 0 saturated heterocycles. The smallest absolute Gasteiger partial charge is 0.0998 e. The van der Waals surface area contributed by atoms with Gasteiger partial charge >= 0.3 is 0 Å². The van der Waals surface area contributed by atoms with Gasteiger partial charge in [-0.05, 0) is 43.5 Å². The zero-order valence-electron chi connectivity index (χ0n) is 10.6. The first-order valence-electron chi connectivity index (χ1n) is 5.57. The first-order valence-corrected chi connectivity index (χ1v) is 5.57. The fourth-order valence-corrected chi connectivity index (χ4v) is 1.41. The summed E-state index contributed by atoms with van der Waals surface area (Å²) in [6.07, 6.45) is 4.06. The third kappa shape index (κ3) is 3.46. The van der Waals surface area contributed by atoms with Crippen LogP contribution in [0.1, 0.15) is 31.9 Å². The second-order valence-electron chi connectivity index (χ2n) is 4.14. The molecule has 0 bridgehead atoms. The lowest BCUT2D eigenvalue weighted by Crippen LogP contribution is -1.85. The topological polar surface area (TPSA) is 23.8 Å². The van der Waals surface area contributed by atoms with E-state index in [1.165, 1.54) is 0 Å². The molecule has 0 aromatic heterocycles. The van der Waals surface area contributed by atoms with E-state index in [0.717, 1.165) is 22.3 Å². The van der Waals surface area contributed by atoms with Gasteiger partial charge in [0.1, 0.15) is 0 Å². The van der Waals surface area contributed by atoms with Gasteiger partial charge in [0.15, 0.2) is 0 Å². The zero-order valence-corrected chi connectivity index (χ0v) is 10.6. The van der Waals surface area contributed by atoms with Crippen LogP contribution in [0.4, 0.5) is 0 Å². The Morgan fingerprint density at radius 1 is 1.18 bits per heavy atom. The molecule has 0 unspecified atom stereocenters. The maximum Gasteiger partial charge on any atom is 0.0998 e. The predicted molar refractivity (Wildman–Crippen MR) is 73.4 cm³/mol. The molecule has 1 rings (SSSR count). The number of rotatable bonds is 3. The van der Waals surface area contributed by atoms with E-state index in [-0.39, 0.29) is 0 Å². The first kappa shape index (κ1) is 13.0. The minimum Gasteiger partial charge on any atom is -0.192 e. The van der Waals surface area contributed by atoms with E-state index in [0.29, 0.717) is 5.56 Å². The average molecular weight is 223 g/mol. The number of hydrogen-bond donors (Lipinski definition) is 0. The Kier molecular flexibility index (Phi) is 4.48. The fourth-order valence-electron chi connectivity index (χ4n) is 1.41. The summed E-state index contributed by atoms with van der Waals surface area (Å²) in [5.41, 5.74) is 4.99. The largest absolute Gasteiger partial charge is 0.192 e. The van der Waals surface area contributed by atoms with Gasteiger partial charge in [0.2, 0.25) is 0 Å². The standard InChI is InChI=1S/C16H17N/c1-12(2)13(3)9-10-14(4)16-8-6-5-7-15(16)11-17/h5-10H,1H2,2-4H3/b13-9-,14-10+. The summed E-state index contributed by atoms with van der Waals surface area (Å²) >= 11 is 0. The lowest BCUT2D eigenvalue weighted by atomic mass is 10.0. The van der Waals surface area contributed by atoms with Crippen LogP contribution in [0.3, 0.4) is 0 Å². The molecule has 0 aliphatic rings. The molecule has 0 aliphatic carbocycles. The van der Waals surface area contributed by atoms with E-state index >= 15 is 0 Å². The molecule has 1 nitrogen and oxygen atoms in total. The molecule has 86 valence electrons. The molecule has 0 radical (unpaired) electrons. The Morgan fingerprint density at radius 3 is 2.41 bits per heavy atom. The monoisotopic (exact) mass is 223 g/mol. The van der Waals surface area contributed by atoms with Crippen molar-refractivity contribution in [2.75, 3.05) is 0 Å². The van der Waals surface area contributed by atoms with Crippen LogP contribution < -0.4 is 0 Å². The highest BCUT2D eigenvalue weighted by Crippen LogP contribution is 2.18. The fraction of sp³-hybridized carbons (Fsp3) is 0.188. The summed E-state index contributed by atoms with van der Waals surface area (Å²) in [6, 6.07) is 9.84. The van der Waals surface area contributed by atoms with Crippen molar-refractivity contribution in [3.8, 4) is 6.07 Å². The van der Waals surface area contributed by atoms with Gasteiger partial charge in [-0.25, -0.2) is 0 Å². The lowest BCUT2D eigenvalue weighted by molar-refractivity contribution is 1.36. The molecule has 0 fully saturated rings. The van der Waals surface area contributed by atoms with Crippen LogP contribution in [-0.2, 0) is 0 Å². The van der Waals surface area contributed by atoms with Gasteiger partial charge in [-0.3, -0.25) is 0 Å². The quantitative estimate of drug-likeness (QED) is 0.693. The minimum absolute atomic E-state index is 0.711. The van der Waals surface area contributed by atoms with Crippen molar-refractivity contribution in [3.63, 3.8) is 0 Å². The van der Waals surface area contributed by atoms with E-state index in [1.807, 2.05) is 57.2 Å². The average Bonchev–Trinajstić information content (AvgIpc) is 2.35. The summed E-state index contributed by atoms with van der Waals surface area (Å²) in [5.74, 6) is 0. The van der Waals surface area contributed by atoms with E-state index < -0.39 is 0 Å². The van der Waals surface area contributed by atoms with Crippen LogP contribution in [0.5, 0.6) is 0 Å². The summed E-state index contributed by atoms with van der Waals surface area (Å²) in [6.45, 7) is 9.92. The van der Waals surface area contributed by atoms with E-state index in [1.54, 1.807) is 0 Å². The van der Waals surface area contributed by atoms with E-state index in [2.05, 4.69) is 12.6 Å². The Balaban J connectivity index is 3.09. The van der Waals surface area contributed by atoms with Crippen LogP contribution >= 0.6 is 0 Å². The van der Waals surface area contributed by atoms with Crippen molar-refractivity contribution in [1.29, 1.82) is 5.26 Å². The molecule has 0 heterocycles. The highest BCUT2D eigenvalue weighted by Gasteiger charge is 2.01. The van der Waals surface area contributed by atoms with Gasteiger partial charge in [-0.2, -0.15) is 5.26 Å². The van der Waals surface area contributed by atoms with Gasteiger partial charge in [0, 0.05) is 0 Å². The molecular weight excluding hydrogens is 206 g/mol. The van der Waals surface area contributed by atoms with Gasteiger partial charge in [-0.15, -0.1) is 0 Å². The van der Waals surface area contributed by atoms with Crippen LogP contribution in [-0.4, -0.2) is 0 Å². The van der Waals surface area contributed by atoms with Crippen LogP contribution in [0.25, 0.3) is 5.57 Å². The van der Waals surface area contributed by atoms with Crippen molar-refractivity contribution >= 4 is 5.57 Å². The maximum absolute atomic E-state index is 9.03. The molecule has 0 saturated carbocycles. The number of benzene rings is 1. The van der Waals surface area contributed by atoms with Crippen LogP contribution in [0.2, 0.25) is 0 Å². The predicted octanol–water partition coefficient (Wildman–Crippen LogP) is 4.48. The van der Waals surface area contributed by atoms with Crippen LogP contribution in [0.15, 0.2) is 54.1 Å². The third-order valence-corrected chi connectivity index (χ3v) is 2.73. The number of allylic oxidation sites excluding steroid dienone is 5. The Morgan fingerprint density at radius 2 is 1.82 bits per heavy atom. The van der Waals surface area contributed by atoms with Gasteiger partial charge in [0.05, 0.1) is 11.6 Å². The molecule has 1 aromatic carbocycles. The van der Waals surface area contributed by atoms with E-state index in [9.17, 15) is 0 Å². The molecule has 0 atom stereocenters. The summed E-state index contributed by atoms with van der Waals surface area (Å²) < 4.78 is 0. The van der Waals surface area contributed by atoms with Crippen molar-refractivity contribution in [2.24, 2.45) is 0 Å². The second-order valence-corrected chi connectivity index (χ2v) is 4.14. The highest BCUT2D eigenvalue weighted by molar-refractivity contribution is 5.70. The third-order valence-electron chi connectivity index (χ3n) is 2.73.